The minimum absolute atomic E-state index is 0.428. The fourth-order valence-electron chi connectivity index (χ4n) is 2.85. The average molecular weight is 256 g/mol. The standard InChI is InChI=1S/C15H32N2O/c1-5-8-17(4)13-15(6-9-18-10-7-15)12-16-11-14(2)3/h14,16H,5-13H2,1-4H3. The third kappa shape index (κ3) is 5.68. The van der Waals surface area contributed by atoms with E-state index in [-0.39, 0.29) is 0 Å². The molecule has 0 saturated carbocycles. The van der Waals surface area contributed by atoms with E-state index >= 15 is 0 Å². The fraction of sp³-hybridized carbons (Fsp3) is 1.00. The maximum atomic E-state index is 5.55. The molecule has 108 valence electrons. The van der Waals surface area contributed by atoms with Gasteiger partial charge in [-0.25, -0.2) is 0 Å². The third-order valence-corrected chi connectivity index (χ3v) is 3.82. The summed E-state index contributed by atoms with van der Waals surface area (Å²) in [7, 11) is 2.25. The van der Waals surface area contributed by atoms with Crippen LogP contribution in [0.5, 0.6) is 0 Å². The molecule has 1 N–H and O–H groups in total. The zero-order valence-electron chi connectivity index (χ0n) is 12.8. The molecule has 0 unspecified atom stereocenters. The summed E-state index contributed by atoms with van der Waals surface area (Å²) in [5, 5.41) is 3.66. The molecule has 0 aromatic heterocycles. The molecule has 1 saturated heterocycles. The van der Waals surface area contributed by atoms with Crippen molar-refractivity contribution >= 4 is 0 Å². The van der Waals surface area contributed by atoms with Gasteiger partial charge < -0.3 is 15.0 Å². The molecule has 3 heteroatoms. The van der Waals surface area contributed by atoms with Crippen LogP contribution < -0.4 is 5.32 Å². The Morgan fingerprint density at radius 2 is 1.94 bits per heavy atom. The van der Waals surface area contributed by atoms with Crippen LogP contribution in [0, 0.1) is 11.3 Å². The molecule has 1 aliphatic heterocycles. The molecule has 1 fully saturated rings. The molecule has 1 rings (SSSR count). The Bertz CT molecular complexity index is 213. The Morgan fingerprint density at radius 3 is 2.50 bits per heavy atom. The first-order valence-electron chi connectivity index (χ1n) is 7.55. The first-order valence-corrected chi connectivity index (χ1v) is 7.55. The number of hydrogen-bond donors (Lipinski definition) is 1. The number of nitrogens with one attached hydrogen (secondary N) is 1. The second-order valence-electron chi connectivity index (χ2n) is 6.37. The van der Waals surface area contributed by atoms with Crippen LogP contribution in [0.4, 0.5) is 0 Å². The third-order valence-electron chi connectivity index (χ3n) is 3.82. The molecule has 0 amide bonds. The molecule has 0 atom stereocenters. The van der Waals surface area contributed by atoms with Crippen molar-refractivity contribution in [3.05, 3.63) is 0 Å². The summed E-state index contributed by atoms with van der Waals surface area (Å²) in [5.74, 6) is 0.732. The monoisotopic (exact) mass is 256 g/mol. The summed E-state index contributed by atoms with van der Waals surface area (Å²) in [4.78, 5) is 2.49. The quantitative estimate of drug-likeness (QED) is 0.721. The number of rotatable bonds is 8. The molecule has 18 heavy (non-hydrogen) atoms. The first kappa shape index (κ1) is 15.9. The Labute approximate surface area is 113 Å². The highest BCUT2D eigenvalue weighted by atomic mass is 16.5. The van der Waals surface area contributed by atoms with Crippen LogP contribution in [-0.4, -0.2) is 51.3 Å². The average Bonchev–Trinajstić information content (AvgIpc) is 2.29. The SMILES string of the molecule is CCCN(C)CC1(CNCC(C)C)CCOCC1. The maximum Gasteiger partial charge on any atom is 0.0472 e. The molecule has 0 aromatic carbocycles. The summed E-state index contributed by atoms with van der Waals surface area (Å²) in [6, 6.07) is 0. The second-order valence-corrected chi connectivity index (χ2v) is 6.37. The lowest BCUT2D eigenvalue weighted by Gasteiger charge is -2.40. The summed E-state index contributed by atoms with van der Waals surface area (Å²) < 4.78 is 5.55. The highest BCUT2D eigenvalue weighted by molar-refractivity contribution is 4.86. The van der Waals surface area contributed by atoms with Crippen LogP contribution in [-0.2, 0) is 4.74 Å². The summed E-state index contributed by atoms with van der Waals surface area (Å²) in [6.45, 7) is 13.3. The fourth-order valence-corrected chi connectivity index (χ4v) is 2.85. The summed E-state index contributed by atoms with van der Waals surface area (Å²) in [5.41, 5.74) is 0.428. The molecular weight excluding hydrogens is 224 g/mol. The lowest BCUT2D eigenvalue weighted by atomic mass is 9.79. The van der Waals surface area contributed by atoms with Gasteiger partial charge in [0.1, 0.15) is 0 Å². The van der Waals surface area contributed by atoms with Gasteiger partial charge in [0.25, 0.3) is 0 Å². The number of nitrogens with zero attached hydrogens (tertiary/aromatic N) is 1. The molecule has 1 heterocycles. The van der Waals surface area contributed by atoms with Crippen LogP contribution in [0.2, 0.25) is 0 Å². The van der Waals surface area contributed by atoms with Gasteiger partial charge in [-0.1, -0.05) is 20.8 Å². The van der Waals surface area contributed by atoms with E-state index in [9.17, 15) is 0 Å². The highest BCUT2D eigenvalue weighted by Crippen LogP contribution is 2.30. The van der Waals surface area contributed by atoms with Crippen LogP contribution in [0.25, 0.3) is 0 Å². The maximum absolute atomic E-state index is 5.55. The molecular formula is C15H32N2O. The molecule has 0 spiro atoms. The minimum Gasteiger partial charge on any atom is -0.381 e. The Hall–Kier alpha value is -0.120. The lowest BCUT2D eigenvalue weighted by molar-refractivity contribution is -0.000755. The Morgan fingerprint density at radius 1 is 1.28 bits per heavy atom. The van der Waals surface area contributed by atoms with E-state index in [1.165, 1.54) is 32.4 Å². The van der Waals surface area contributed by atoms with Crippen molar-refractivity contribution in [2.45, 2.75) is 40.0 Å². The van der Waals surface area contributed by atoms with Gasteiger partial charge in [-0.2, -0.15) is 0 Å². The zero-order valence-corrected chi connectivity index (χ0v) is 12.8. The van der Waals surface area contributed by atoms with Gasteiger partial charge in [-0.05, 0) is 50.7 Å². The Kier molecular flexibility index (Phi) is 7.20. The first-order chi connectivity index (χ1) is 8.58. The molecule has 1 aliphatic rings. The van der Waals surface area contributed by atoms with Crippen molar-refractivity contribution in [1.82, 2.24) is 10.2 Å². The van der Waals surface area contributed by atoms with Crippen molar-refractivity contribution in [3.63, 3.8) is 0 Å². The van der Waals surface area contributed by atoms with Crippen LogP contribution in [0.3, 0.4) is 0 Å². The molecule has 3 nitrogen and oxygen atoms in total. The van der Waals surface area contributed by atoms with Gasteiger partial charge in [0.15, 0.2) is 0 Å². The van der Waals surface area contributed by atoms with Crippen molar-refractivity contribution in [2.75, 3.05) is 46.4 Å². The smallest absolute Gasteiger partial charge is 0.0472 e. The predicted octanol–water partition coefficient (Wildman–Crippen LogP) is 2.37. The van der Waals surface area contributed by atoms with E-state index in [1.54, 1.807) is 0 Å². The topological polar surface area (TPSA) is 24.5 Å². The van der Waals surface area contributed by atoms with E-state index in [4.69, 9.17) is 4.74 Å². The molecule has 0 aromatic rings. The largest absolute Gasteiger partial charge is 0.381 e. The van der Waals surface area contributed by atoms with E-state index in [2.05, 4.69) is 38.0 Å². The zero-order chi connectivity index (χ0) is 13.4. The Balaban J connectivity index is 2.46. The number of hydrogen-bond acceptors (Lipinski definition) is 3. The van der Waals surface area contributed by atoms with Crippen LogP contribution in [0.1, 0.15) is 40.0 Å². The lowest BCUT2D eigenvalue weighted by Crippen LogP contribution is -2.47. The molecule has 0 bridgehead atoms. The molecule has 0 aliphatic carbocycles. The van der Waals surface area contributed by atoms with Gasteiger partial charge >= 0.3 is 0 Å². The van der Waals surface area contributed by atoms with Crippen molar-refractivity contribution in [2.24, 2.45) is 11.3 Å². The van der Waals surface area contributed by atoms with Crippen molar-refractivity contribution < 1.29 is 4.74 Å². The van der Waals surface area contributed by atoms with Gasteiger partial charge in [-0.3, -0.25) is 0 Å². The predicted molar refractivity (Wildman–Crippen MR) is 78.0 cm³/mol. The van der Waals surface area contributed by atoms with Crippen LogP contribution >= 0.6 is 0 Å². The highest BCUT2D eigenvalue weighted by Gasteiger charge is 2.33. The van der Waals surface area contributed by atoms with Gasteiger partial charge in [0, 0.05) is 26.3 Å². The summed E-state index contributed by atoms with van der Waals surface area (Å²) in [6.07, 6.45) is 3.64. The minimum atomic E-state index is 0.428. The van der Waals surface area contributed by atoms with Crippen molar-refractivity contribution in [1.29, 1.82) is 0 Å². The van der Waals surface area contributed by atoms with Crippen LogP contribution in [0.15, 0.2) is 0 Å². The van der Waals surface area contributed by atoms with E-state index in [0.717, 1.165) is 32.2 Å². The van der Waals surface area contributed by atoms with E-state index < -0.39 is 0 Å². The van der Waals surface area contributed by atoms with Gasteiger partial charge in [0.2, 0.25) is 0 Å². The van der Waals surface area contributed by atoms with Crippen molar-refractivity contribution in [3.8, 4) is 0 Å². The summed E-state index contributed by atoms with van der Waals surface area (Å²) >= 11 is 0. The normalized spacial score (nSPS) is 19.7. The van der Waals surface area contributed by atoms with E-state index in [0.29, 0.717) is 5.41 Å². The van der Waals surface area contributed by atoms with Gasteiger partial charge in [0.05, 0.1) is 0 Å². The van der Waals surface area contributed by atoms with E-state index in [1.807, 2.05) is 0 Å². The molecule has 0 radical (unpaired) electrons. The number of ether oxygens (including phenoxy) is 1. The van der Waals surface area contributed by atoms with Gasteiger partial charge in [-0.15, -0.1) is 0 Å². The second kappa shape index (κ2) is 8.13.